The van der Waals surface area contributed by atoms with Crippen LogP contribution in [0.1, 0.15) is 17.3 Å². The van der Waals surface area contributed by atoms with E-state index >= 15 is 0 Å². The number of halogens is 1. The van der Waals surface area contributed by atoms with Crippen molar-refractivity contribution in [3.05, 3.63) is 41.3 Å². The molecule has 8 heteroatoms. The van der Waals surface area contributed by atoms with Gasteiger partial charge in [-0.05, 0) is 31.2 Å². The van der Waals surface area contributed by atoms with E-state index in [9.17, 15) is 14.7 Å². The molecule has 0 fully saturated rings. The quantitative estimate of drug-likeness (QED) is 0.285. The Balaban J connectivity index is 2.93. The molecule has 0 unspecified atom stereocenters. The minimum absolute atomic E-state index is 0.283. The lowest BCUT2D eigenvalue weighted by Crippen LogP contribution is -2.06. The van der Waals surface area contributed by atoms with E-state index in [-0.39, 0.29) is 18.2 Å². The predicted octanol–water partition coefficient (Wildman–Crippen LogP) is 3.13. The zero-order valence-electron chi connectivity index (χ0n) is 12.1. The van der Waals surface area contributed by atoms with Crippen LogP contribution < -0.4 is 0 Å². The molecule has 0 radical (unpaired) electrons. The lowest BCUT2D eigenvalue weighted by atomic mass is 10.2. The highest BCUT2D eigenvalue weighted by atomic mass is 35.5. The van der Waals surface area contributed by atoms with Crippen LogP contribution in [-0.4, -0.2) is 36.6 Å². The molecule has 0 aliphatic carbocycles. The number of nitrogens with zero attached hydrogens (tertiary/aromatic N) is 2. The zero-order valence-corrected chi connectivity index (χ0v) is 12.8. The molecule has 0 spiro atoms. The van der Waals surface area contributed by atoms with E-state index in [1.54, 1.807) is 6.92 Å². The fourth-order valence-electron chi connectivity index (χ4n) is 1.36. The number of hydrogen-bond acceptors (Lipinski definition) is 7. The third kappa shape index (κ3) is 4.85. The lowest BCUT2D eigenvalue weighted by Gasteiger charge is -2.02. The molecule has 1 aromatic rings. The number of allylic oxidation sites excluding steroid dienone is 1. The van der Waals surface area contributed by atoms with Crippen LogP contribution >= 0.6 is 11.6 Å². The number of ether oxygens (including phenoxy) is 2. The molecule has 0 aliphatic rings. The molecule has 22 heavy (non-hydrogen) atoms. The molecule has 7 nitrogen and oxygen atoms in total. The molecule has 0 bridgehead atoms. The summed E-state index contributed by atoms with van der Waals surface area (Å²) in [5.74, 6) is -2.04. The topological polar surface area (TPSA) is 97.6 Å². The van der Waals surface area contributed by atoms with Gasteiger partial charge < -0.3 is 14.6 Å². The summed E-state index contributed by atoms with van der Waals surface area (Å²) in [7, 11) is 1.15. The van der Waals surface area contributed by atoms with Gasteiger partial charge in [-0.25, -0.2) is 9.59 Å². The van der Waals surface area contributed by atoms with Gasteiger partial charge in [-0.2, -0.15) is 5.11 Å². The summed E-state index contributed by atoms with van der Waals surface area (Å²) >= 11 is 5.45. The van der Waals surface area contributed by atoms with E-state index < -0.39 is 17.7 Å². The molecule has 0 heterocycles. The van der Waals surface area contributed by atoms with Crippen molar-refractivity contribution in [2.75, 3.05) is 19.6 Å². The Kier molecular flexibility index (Phi) is 7.04. The highest BCUT2D eigenvalue weighted by Crippen LogP contribution is 2.17. The van der Waals surface area contributed by atoms with Gasteiger partial charge in [0.2, 0.25) is 5.70 Å². The highest BCUT2D eigenvalue weighted by Gasteiger charge is 2.15. The molecule has 118 valence electrons. The van der Waals surface area contributed by atoms with E-state index in [0.29, 0.717) is 11.3 Å². The van der Waals surface area contributed by atoms with Crippen molar-refractivity contribution in [3.63, 3.8) is 0 Å². The summed E-state index contributed by atoms with van der Waals surface area (Å²) in [5, 5.41) is 16.9. The number of carbonyl (C=O) groups is 2. The van der Waals surface area contributed by atoms with Gasteiger partial charge in [0.05, 0.1) is 30.8 Å². The monoisotopic (exact) mass is 326 g/mol. The maximum atomic E-state index is 11.5. The molecule has 0 saturated heterocycles. The fourth-order valence-corrected chi connectivity index (χ4v) is 1.49. The number of hydrogen-bond donors (Lipinski definition) is 1. The minimum atomic E-state index is -0.856. The SMILES string of the molecule is CCOC(=O)c1ccc(N=N/C(C(=O)OC)=C(/O)CCl)cc1. The van der Waals surface area contributed by atoms with Crippen molar-refractivity contribution in [2.45, 2.75) is 6.92 Å². The van der Waals surface area contributed by atoms with Gasteiger partial charge >= 0.3 is 11.9 Å². The Morgan fingerprint density at radius 3 is 2.41 bits per heavy atom. The van der Waals surface area contributed by atoms with Crippen LogP contribution in [0.5, 0.6) is 0 Å². The van der Waals surface area contributed by atoms with Crippen molar-refractivity contribution in [3.8, 4) is 0 Å². The largest absolute Gasteiger partial charge is 0.508 e. The number of carbonyl (C=O) groups excluding carboxylic acids is 2. The molecule has 0 aromatic heterocycles. The second kappa shape index (κ2) is 8.78. The van der Waals surface area contributed by atoms with Crippen molar-refractivity contribution in [2.24, 2.45) is 10.2 Å². The van der Waals surface area contributed by atoms with Gasteiger partial charge in [0.15, 0.2) is 0 Å². The number of benzene rings is 1. The number of rotatable bonds is 6. The Hall–Kier alpha value is -2.41. The summed E-state index contributed by atoms with van der Waals surface area (Å²) in [4.78, 5) is 22.9. The third-order valence-corrected chi connectivity index (χ3v) is 2.68. The van der Waals surface area contributed by atoms with Crippen LogP contribution in [-0.2, 0) is 14.3 Å². The summed E-state index contributed by atoms with van der Waals surface area (Å²) in [6, 6.07) is 6.05. The number of alkyl halides is 1. The van der Waals surface area contributed by atoms with Gasteiger partial charge in [-0.1, -0.05) is 0 Å². The van der Waals surface area contributed by atoms with Crippen LogP contribution in [0.2, 0.25) is 0 Å². The number of aliphatic hydroxyl groups is 1. The van der Waals surface area contributed by atoms with Gasteiger partial charge in [0.1, 0.15) is 5.76 Å². The van der Waals surface area contributed by atoms with Crippen molar-refractivity contribution < 1.29 is 24.2 Å². The normalized spacial score (nSPS) is 12.0. The maximum Gasteiger partial charge on any atom is 0.362 e. The van der Waals surface area contributed by atoms with Gasteiger partial charge in [-0.3, -0.25) is 0 Å². The maximum absolute atomic E-state index is 11.5. The molecule has 0 atom stereocenters. The van der Waals surface area contributed by atoms with E-state index in [1.165, 1.54) is 24.3 Å². The Labute approximate surface area is 132 Å². The van der Waals surface area contributed by atoms with E-state index in [0.717, 1.165) is 7.11 Å². The van der Waals surface area contributed by atoms with Gasteiger partial charge in [0, 0.05) is 0 Å². The fraction of sp³-hybridized carbons (Fsp3) is 0.286. The number of methoxy groups -OCH3 is 1. The standard InChI is InChI=1S/C14H15ClN2O5/c1-3-22-13(19)9-4-6-10(7-5-9)16-17-12(11(18)8-15)14(20)21-2/h4-7,18H,3,8H2,1-2H3/b12-11+,17-16?. The number of esters is 2. The highest BCUT2D eigenvalue weighted by molar-refractivity contribution is 6.19. The van der Waals surface area contributed by atoms with E-state index in [4.69, 9.17) is 16.3 Å². The van der Waals surface area contributed by atoms with Crippen LogP contribution in [0.3, 0.4) is 0 Å². The molecule has 1 aromatic carbocycles. The summed E-state index contributed by atoms with van der Waals surface area (Å²) in [6.07, 6.45) is 0. The molecule has 0 aliphatic heterocycles. The van der Waals surface area contributed by atoms with E-state index in [1.807, 2.05) is 0 Å². The Bertz CT molecular complexity index is 596. The van der Waals surface area contributed by atoms with Crippen molar-refractivity contribution in [1.29, 1.82) is 0 Å². The summed E-state index contributed by atoms with van der Waals surface area (Å²) in [6.45, 7) is 2.00. The predicted molar refractivity (Wildman–Crippen MR) is 79.3 cm³/mol. The molecular weight excluding hydrogens is 312 g/mol. The second-order valence-corrected chi connectivity index (χ2v) is 4.16. The molecular formula is C14H15ClN2O5. The first kappa shape index (κ1) is 17.6. The first-order valence-corrected chi connectivity index (χ1v) is 6.82. The summed E-state index contributed by atoms with van der Waals surface area (Å²) in [5.41, 5.74) is 0.358. The number of aliphatic hydroxyl groups excluding tert-OH is 1. The Morgan fingerprint density at radius 1 is 1.27 bits per heavy atom. The van der Waals surface area contributed by atoms with Crippen LogP contribution in [0.15, 0.2) is 46.0 Å². The second-order valence-electron chi connectivity index (χ2n) is 3.89. The average molecular weight is 327 g/mol. The average Bonchev–Trinajstić information content (AvgIpc) is 2.55. The Morgan fingerprint density at radius 2 is 1.91 bits per heavy atom. The molecule has 0 saturated carbocycles. The summed E-state index contributed by atoms with van der Waals surface area (Å²) < 4.78 is 9.32. The van der Waals surface area contributed by atoms with Gasteiger partial charge in [-0.15, -0.1) is 16.7 Å². The zero-order chi connectivity index (χ0) is 16.5. The van der Waals surface area contributed by atoms with E-state index in [2.05, 4.69) is 15.0 Å². The molecule has 0 amide bonds. The molecule has 1 rings (SSSR count). The third-order valence-electron chi connectivity index (χ3n) is 2.42. The van der Waals surface area contributed by atoms with Crippen LogP contribution in [0.25, 0.3) is 0 Å². The first-order chi connectivity index (χ1) is 10.5. The van der Waals surface area contributed by atoms with Crippen LogP contribution in [0, 0.1) is 0 Å². The van der Waals surface area contributed by atoms with Crippen molar-refractivity contribution >= 4 is 29.2 Å². The minimum Gasteiger partial charge on any atom is -0.508 e. The smallest absolute Gasteiger partial charge is 0.362 e. The first-order valence-electron chi connectivity index (χ1n) is 6.28. The van der Waals surface area contributed by atoms with Crippen LogP contribution in [0.4, 0.5) is 5.69 Å². The number of azo groups is 1. The van der Waals surface area contributed by atoms with Gasteiger partial charge in [0.25, 0.3) is 0 Å². The van der Waals surface area contributed by atoms with Crippen molar-refractivity contribution in [1.82, 2.24) is 0 Å². The lowest BCUT2D eigenvalue weighted by molar-refractivity contribution is -0.136. The molecule has 1 N–H and O–H groups in total.